The molecule has 0 radical (unpaired) electrons. The van der Waals surface area contributed by atoms with Crippen molar-refractivity contribution in [2.24, 2.45) is 0 Å². The number of hydrogen-bond donors (Lipinski definition) is 1. The zero-order valence-electron chi connectivity index (χ0n) is 12.3. The summed E-state index contributed by atoms with van der Waals surface area (Å²) < 4.78 is 3.61. The largest absolute Gasteiger partial charge is 0.342 e. The van der Waals surface area contributed by atoms with Gasteiger partial charge in [0.2, 0.25) is 0 Å². The van der Waals surface area contributed by atoms with Crippen LogP contribution in [-0.2, 0) is 6.54 Å². The highest BCUT2D eigenvalue weighted by molar-refractivity contribution is 9.10. The maximum Gasteiger partial charge on any atom is 0.0494 e. The van der Waals surface area contributed by atoms with Crippen molar-refractivity contribution in [3.63, 3.8) is 0 Å². The van der Waals surface area contributed by atoms with Crippen LogP contribution in [0.3, 0.4) is 0 Å². The van der Waals surface area contributed by atoms with Gasteiger partial charge in [-0.3, -0.25) is 0 Å². The number of halogens is 1. The minimum absolute atomic E-state index is 0.216. The highest BCUT2D eigenvalue weighted by Gasteiger charge is 2.15. The lowest BCUT2D eigenvalue weighted by Gasteiger charge is -2.25. The van der Waals surface area contributed by atoms with Gasteiger partial charge in [0.25, 0.3) is 0 Å². The van der Waals surface area contributed by atoms with Crippen molar-refractivity contribution in [1.82, 2.24) is 9.88 Å². The van der Waals surface area contributed by atoms with E-state index >= 15 is 0 Å². The number of rotatable bonds is 5. The maximum absolute atomic E-state index is 3.71. The van der Waals surface area contributed by atoms with E-state index in [1.807, 2.05) is 0 Å². The predicted molar refractivity (Wildman–Crippen MR) is 86.7 cm³/mol. The second-order valence-corrected chi connectivity index (χ2v) is 6.53. The molecule has 0 unspecified atom stereocenters. The number of nitrogens with one attached hydrogen (secondary N) is 1. The van der Waals surface area contributed by atoms with Crippen LogP contribution in [0.1, 0.15) is 32.9 Å². The summed E-state index contributed by atoms with van der Waals surface area (Å²) in [6.45, 7) is 10.9. The zero-order valence-corrected chi connectivity index (χ0v) is 13.8. The molecule has 1 aromatic heterocycles. The number of para-hydroxylation sites is 1. The number of nitrogens with zero attached hydrogens (tertiary/aromatic N) is 1. The van der Waals surface area contributed by atoms with E-state index in [0.717, 1.165) is 19.5 Å². The normalized spacial score (nSPS) is 12.3. The SMILES string of the molecule is CCC(C)(C)NCCn1c(C)c(Br)c2ccccc21. The standard InChI is InChI=1S/C16H23BrN2/c1-5-16(3,4)18-10-11-19-12(2)15(17)13-8-6-7-9-14(13)19/h6-9,18H,5,10-11H2,1-4H3. The molecule has 104 valence electrons. The van der Waals surface area contributed by atoms with Gasteiger partial charge in [-0.2, -0.15) is 0 Å². The van der Waals surface area contributed by atoms with E-state index in [-0.39, 0.29) is 5.54 Å². The Morgan fingerprint density at radius 1 is 1.26 bits per heavy atom. The third kappa shape index (κ3) is 3.03. The molecule has 1 aromatic carbocycles. The Hall–Kier alpha value is -0.800. The molecule has 1 N–H and O–H groups in total. The van der Waals surface area contributed by atoms with Crippen molar-refractivity contribution in [1.29, 1.82) is 0 Å². The fourth-order valence-corrected chi connectivity index (χ4v) is 2.86. The van der Waals surface area contributed by atoms with Gasteiger partial charge in [0.05, 0.1) is 0 Å². The van der Waals surface area contributed by atoms with Crippen molar-refractivity contribution in [2.75, 3.05) is 6.54 Å². The van der Waals surface area contributed by atoms with E-state index in [0.29, 0.717) is 0 Å². The molecule has 0 aliphatic rings. The quantitative estimate of drug-likeness (QED) is 0.858. The minimum Gasteiger partial charge on any atom is -0.342 e. The van der Waals surface area contributed by atoms with Gasteiger partial charge in [-0.15, -0.1) is 0 Å². The van der Waals surface area contributed by atoms with Crippen LogP contribution in [0.15, 0.2) is 28.7 Å². The molecule has 0 saturated carbocycles. The highest BCUT2D eigenvalue weighted by Crippen LogP contribution is 2.30. The first-order chi connectivity index (χ1) is 8.96. The molecule has 2 nitrogen and oxygen atoms in total. The summed E-state index contributed by atoms with van der Waals surface area (Å²) >= 11 is 3.71. The van der Waals surface area contributed by atoms with Gasteiger partial charge < -0.3 is 9.88 Å². The Morgan fingerprint density at radius 3 is 2.63 bits per heavy atom. The van der Waals surface area contributed by atoms with Gasteiger partial charge in [0.15, 0.2) is 0 Å². The maximum atomic E-state index is 3.71. The molecule has 19 heavy (non-hydrogen) atoms. The Balaban J connectivity index is 2.19. The molecule has 1 heterocycles. The Labute approximate surface area is 124 Å². The van der Waals surface area contributed by atoms with E-state index in [4.69, 9.17) is 0 Å². The molecule has 3 heteroatoms. The molecule has 0 spiro atoms. The topological polar surface area (TPSA) is 17.0 Å². The molecule has 0 aliphatic heterocycles. The molecule has 2 rings (SSSR count). The molecular weight excluding hydrogens is 300 g/mol. The summed E-state index contributed by atoms with van der Waals surface area (Å²) in [6.07, 6.45) is 1.14. The Kier molecular flexibility index (Phi) is 4.36. The zero-order chi connectivity index (χ0) is 14.0. The van der Waals surface area contributed by atoms with Crippen LogP contribution in [0.25, 0.3) is 10.9 Å². The van der Waals surface area contributed by atoms with Crippen LogP contribution in [0.2, 0.25) is 0 Å². The molecule has 0 amide bonds. The summed E-state index contributed by atoms with van der Waals surface area (Å²) in [5.74, 6) is 0. The van der Waals surface area contributed by atoms with Gasteiger partial charge in [0.1, 0.15) is 0 Å². The second-order valence-electron chi connectivity index (χ2n) is 5.73. The monoisotopic (exact) mass is 322 g/mol. The summed E-state index contributed by atoms with van der Waals surface area (Å²) in [7, 11) is 0. The predicted octanol–water partition coefficient (Wildman–Crippen LogP) is 4.49. The van der Waals surface area contributed by atoms with Gasteiger partial charge in [-0.25, -0.2) is 0 Å². The summed E-state index contributed by atoms with van der Waals surface area (Å²) in [6, 6.07) is 8.56. The highest BCUT2D eigenvalue weighted by atomic mass is 79.9. The summed E-state index contributed by atoms with van der Waals surface area (Å²) in [5.41, 5.74) is 2.83. The van der Waals surface area contributed by atoms with Crippen molar-refractivity contribution in [3.05, 3.63) is 34.4 Å². The average molecular weight is 323 g/mol. The second kappa shape index (κ2) is 5.68. The lowest BCUT2D eigenvalue weighted by Crippen LogP contribution is -2.40. The van der Waals surface area contributed by atoms with Crippen LogP contribution in [0.5, 0.6) is 0 Å². The first kappa shape index (κ1) is 14.6. The number of aromatic nitrogens is 1. The minimum atomic E-state index is 0.216. The first-order valence-electron chi connectivity index (χ1n) is 6.94. The molecule has 0 saturated heterocycles. The van der Waals surface area contributed by atoms with Gasteiger partial charge in [-0.1, -0.05) is 25.1 Å². The van der Waals surface area contributed by atoms with Crippen molar-refractivity contribution >= 4 is 26.8 Å². The molecule has 0 fully saturated rings. The third-order valence-electron chi connectivity index (χ3n) is 3.98. The Bertz CT molecular complexity index is 569. The fourth-order valence-electron chi connectivity index (χ4n) is 2.31. The van der Waals surface area contributed by atoms with E-state index in [9.17, 15) is 0 Å². The van der Waals surface area contributed by atoms with Crippen LogP contribution < -0.4 is 5.32 Å². The van der Waals surface area contributed by atoms with E-state index in [2.05, 4.69) is 77.8 Å². The van der Waals surface area contributed by atoms with Crippen molar-refractivity contribution in [3.8, 4) is 0 Å². The smallest absolute Gasteiger partial charge is 0.0494 e. The number of benzene rings is 1. The molecule has 0 bridgehead atoms. The van der Waals surface area contributed by atoms with Gasteiger partial charge in [0, 0.05) is 39.7 Å². The lowest BCUT2D eigenvalue weighted by atomic mass is 10.0. The molecule has 0 aliphatic carbocycles. The van der Waals surface area contributed by atoms with Gasteiger partial charge >= 0.3 is 0 Å². The van der Waals surface area contributed by atoms with Crippen molar-refractivity contribution < 1.29 is 0 Å². The number of hydrogen-bond acceptors (Lipinski definition) is 1. The summed E-state index contributed by atoms with van der Waals surface area (Å²) in [5, 5.41) is 4.92. The molecule has 0 atom stereocenters. The molecule has 2 aromatic rings. The lowest BCUT2D eigenvalue weighted by molar-refractivity contribution is 0.368. The fraction of sp³-hybridized carbons (Fsp3) is 0.500. The van der Waals surface area contributed by atoms with Crippen LogP contribution in [0, 0.1) is 6.92 Å². The molecular formula is C16H23BrN2. The first-order valence-corrected chi connectivity index (χ1v) is 7.74. The summed E-state index contributed by atoms with van der Waals surface area (Å²) in [4.78, 5) is 0. The van der Waals surface area contributed by atoms with E-state index < -0.39 is 0 Å². The average Bonchev–Trinajstić information content (AvgIpc) is 2.64. The van der Waals surface area contributed by atoms with Crippen molar-refractivity contribution in [2.45, 2.75) is 46.2 Å². The third-order valence-corrected chi connectivity index (χ3v) is 4.98. The van der Waals surface area contributed by atoms with E-state index in [1.54, 1.807) is 0 Å². The van der Waals surface area contributed by atoms with Crippen LogP contribution in [-0.4, -0.2) is 16.7 Å². The Morgan fingerprint density at radius 2 is 1.95 bits per heavy atom. The number of fused-ring (bicyclic) bond motifs is 1. The van der Waals surface area contributed by atoms with Crippen LogP contribution >= 0.6 is 15.9 Å². The van der Waals surface area contributed by atoms with Gasteiger partial charge in [-0.05, 0) is 49.2 Å². The van der Waals surface area contributed by atoms with Crippen LogP contribution in [0.4, 0.5) is 0 Å². The van der Waals surface area contributed by atoms with E-state index in [1.165, 1.54) is 21.1 Å².